The molecule has 1 fully saturated rings. The van der Waals surface area contributed by atoms with Gasteiger partial charge in [-0.05, 0) is 43.7 Å². The Bertz CT molecular complexity index is 819. The zero-order valence-corrected chi connectivity index (χ0v) is 16.6. The number of aliphatic imine (C=N–C) groups is 1. The van der Waals surface area contributed by atoms with Crippen LogP contribution in [0.15, 0.2) is 41.4 Å². The summed E-state index contributed by atoms with van der Waals surface area (Å²) in [5.41, 5.74) is 2.20. The number of rotatable bonds is 6. The minimum Gasteiger partial charge on any atom is -0.476 e. The van der Waals surface area contributed by atoms with Gasteiger partial charge < -0.3 is 14.4 Å². The van der Waals surface area contributed by atoms with Crippen molar-refractivity contribution in [1.82, 2.24) is 4.90 Å². The topological polar surface area (TPSA) is 34.1 Å². The molecule has 0 aromatic heterocycles. The van der Waals surface area contributed by atoms with Crippen molar-refractivity contribution in [1.29, 1.82) is 0 Å². The fraction of sp³-hybridized carbons (Fsp3) is 0.350. The zero-order chi connectivity index (χ0) is 18.7. The minimum absolute atomic E-state index is 0.455. The molecule has 0 amide bonds. The molecule has 6 heteroatoms. The van der Waals surface area contributed by atoms with Crippen LogP contribution in [0.25, 0.3) is 0 Å². The second-order valence-corrected chi connectivity index (χ2v) is 7.27. The Balaban J connectivity index is 1.93. The first-order valence-electron chi connectivity index (χ1n) is 8.51. The van der Waals surface area contributed by atoms with Crippen molar-refractivity contribution >= 4 is 35.2 Å². The Morgan fingerprint density at radius 1 is 1.23 bits per heavy atom. The summed E-state index contributed by atoms with van der Waals surface area (Å²) in [6.07, 6.45) is 1.78. The highest BCUT2D eigenvalue weighted by Gasteiger charge is 2.44. The van der Waals surface area contributed by atoms with Crippen molar-refractivity contribution in [3.05, 3.63) is 57.6 Å². The van der Waals surface area contributed by atoms with Gasteiger partial charge in [-0.1, -0.05) is 35.3 Å². The molecule has 2 aromatic carbocycles. The van der Waals surface area contributed by atoms with Crippen LogP contribution in [0.5, 0.6) is 5.75 Å². The molecule has 0 aliphatic carbocycles. The van der Waals surface area contributed by atoms with Crippen molar-refractivity contribution in [2.45, 2.75) is 19.4 Å². The third-order valence-corrected chi connectivity index (χ3v) is 5.10. The highest BCUT2D eigenvalue weighted by Crippen LogP contribution is 2.41. The van der Waals surface area contributed by atoms with Crippen molar-refractivity contribution in [3.63, 3.8) is 0 Å². The molecule has 0 saturated carbocycles. The van der Waals surface area contributed by atoms with E-state index in [1.165, 1.54) is 0 Å². The Kier molecular flexibility index (Phi) is 5.76. The van der Waals surface area contributed by atoms with E-state index >= 15 is 0 Å². The molecule has 0 spiro atoms. The summed E-state index contributed by atoms with van der Waals surface area (Å²) in [6, 6.07) is 11.4. The number of hydrogen-bond donors (Lipinski definition) is 0. The summed E-state index contributed by atoms with van der Waals surface area (Å²) in [4.78, 5) is 6.47. The number of hydrogen-bond acceptors (Lipinski definition) is 3. The van der Waals surface area contributed by atoms with Crippen LogP contribution in [0.1, 0.15) is 18.1 Å². The van der Waals surface area contributed by atoms with Crippen LogP contribution in [-0.2, 0) is 10.3 Å². The molecule has 1 aliphatic rings. The van der Waals surface area contributed by atoms with Gasteiger partial charge in [-0.2, -0.15) is 0 Å². The van der Waals surface area contributed by atoms with Crippen LogP contribution in [0.3, 0.4) is 0 Å². The van der Waals surface area contributed by atoms with E-state index in [2.05, 4.69) is 11.9 Å². The van der Waals surface area contributed by atoms with Crippen LogP contribution < -0.4 is 4.74 Å². The molecule has 1 aliphatic heterocycles. The first kappa shape index (κ1) is 19.0. The molecular weight excluding hydrogens is 371 g/mol. The summed E-state index contributed by atoms with van der Waals surface area (Å²) in [6.45, 7) is 5.89. The van der Waals surface area contributed by atoms with Gasteiger partial charge in [0.25, 0.3) is 0 Å². The molecule has 1 saturated heterocycles. The normalized spacial score (nSPS) is 15.7. The molecule has 0 N–H and O–H groups in total. The van der Waals surface area contributed by atoms with Gasteiger partial charge in [0.05, 0.1) is 35.3 Å². The van der Waals surface area contributed by atoms with Gasteiger partial charge in [0.2, 0.25) is 0 Å². The zero-order valence-electron chi connectivity index (χ0n) is 15.1. The highest BCUT2D eigenvalue weighted by atomic mass is 35.5. The predicted molar refractivity (Wildman–Crippen MR) is 107 cm³/mol. The largest absolute Gasteiger partial charge is 0.476 e. The maximum Gasteiger partial charge on any atom is 0.181 e. The third-order valence-electron chi connectivity index (χ3n) is 4.49. The number of para-hydroxylation sites is 1. The Morgan fingerprint density at radius 2 is 1.96 bits per heavy atom. The second kappa shape index (κ2) is 7.87. The van der Waals surface area contributed by atoms with Crippen LogP contribution in [0, 0.1) is 6.92 Å². The Morgan fingerprint density at radius 3 is 2.58 bits per heavy atom. The molecule has 0 radical (unpaired) electrons. The van der Waals surface area contributed by atoms with Crippen molar-refractivity contribution in [2.24, 2.45) is 4.99 Å². The van der Waals surface area contributed by atoms with Gasteiger partial charge in [-0.3, -0.25) is 0 Å². The Labute approximate surface area is 164 Å². The summed E-state index contributed by atoms with van der Waals surface area (Å²) in [5.74, 6) is 0.639. The van der Waals surface area contributed by atoms with Gasteiger partial charge >= 0.3 is 0 Å². The van der Waals surface area contributed by atoms with Crippen molar-refractivity contribution < 1.29 is 9.47 Å². The fourth-order valence-corrected chi connectivity index (χ4v) is 3.18. The first-order valence-corrected chi connectivity index (χ1v) is 9.27. The summed E-state index contributed by atoms with van der Waals surface area (Å²) in [5, 5.41) is 1.16. The van der Waals surface area contributed by atoms with Crippen LogP contribution in [0.2, 0.25) is 10.0 Å². The lowest BCUT2D eigenvalue weighted by Gasteiger charge is -2.42. The monoisotopic (exact) mass is 392 g/mol. The molecule has 138 valence electrons. The summed E-state index contributed by atoms with van der Waals surface area (Å²) >= 11 is 12.8. The predicted octanol–water partition coefficient (Wildman–Crippen LogP) is 5.22. The molecule has 26 heavy (non-hydrogen) atoms. The van der Waals surface area contributed by atoms with Crippen LogP contribution in [-0.4, -0.2) is 38.0 Å². The van der Waals surface area contributed by atoms with E-state index in [0.29, 0.717) is 29.0 Å². The Hall–Kier alpha value is -1.75. The van der Waals surface area contributed by atoms with Crippen molar-refractivity contribution in [2.75, 3.05) is 26.8 Å². The molecule has 0 atom stereocenters. The molecule has 4 nitrogen and oxygen atoms in total. The molecule has 0 unspecified atom stereocenters. The molecule has 3 rings (SSSR count). The highest BCUT2D eigenvalue weighted by molar-refractivity contribution is 6.33. The van der Waals surface area contributed by atoms with Crippen molar-refractivity contribution in [3.8, 4) is 5.75 Å². The van der Waals surface area contributed by atoms with E-state index in [-0.39, 0.29) is 0 Å². The number of aryl methyl sites for hydroxylation is 1. The van der Waals surface area contributed by atoms with Gasteiger partial charge in [0.15, 0.2) is 5.60 Å². The van der Waals surface area contributed by atoms with Gasteiger partial charge in [0, 0.05) is 19.2 Å². The number of benzene rings is 2. The lowest BCUT2D eigenvalue weighted by molar-refractivity contribution is -0.168. The lowest BCUT2D eigenvalue weighted by Crippen LogP contribution is -2.52. The lowest BCUT2D eigenvalue weighted by atomic mass is 9.88. The van der Waals surface area contributed by atoms with E-state index < -0.39 is 5.60 Å². The minimum atomic E-state index is -0.582. The quantitative estimate of drug-likeness (QED) is 0.499. The molecule has 1 heterocycles. The van der Waals surface area contributed by atoms with Gasteiger partial charge in [-0.25, -0.2) is 4.99 Å². The van der Waals surface area contributed by atoms with E-state index in [1.807, 2.05) is 55.3 Å². The van der Waals surface area contributed by atoms with E-state index in [1.54, 1.807) is 6.34 Å². The average molecular weight is 393 g/mol. The number of nitrogens with zero attached hydrogens (tertiary/aromatic N) is 2. The van der Waals surface area contributed by atoms with E-state index in [4.69, 9.17) is 32.7 Å². The first-order chi connectivity index (χ1) is 12.4. The second-order valence-electron chi connectivity index (χ2n) is 6.46. The molecule has 0 bridgehead atoms. The van der Waals surface area contributed by atoms with E-state index in [0.717, 1.165) is 23.4 Å². The number of ether oxygens (including phenoxy) is 2. The summed E-state index contributed by atoms with van der Waals surface area (Å²) < 4.78 is 11.8. The van der Waals surface area contributed by atoms with Crippen LogP contribution in [0.4, 0.5) is 5.69 Å². The molecular formula is C20H22Cl2N2O2. The maximum absolute atomic E-state index is 6.49. The van der Waals surface area contributed by atoms with Gasteiger partial charge in [-0.15, -0.1) is 0 Å². The third kappa shape index (κ3) is 3.83. The average Bonchev–Trinajstić information content (AvgIpc) is 2.60. The van der Waals surface area contributed by atoms with Crippen LogP contribution >= 0.6 is 23.2 Å². The molecule has 2 aromatic rings. The van der Waals surface area contributed by atoms with E-state index in [9.17, 15) is 0 Å². The maximum atomic E-state index is 6.49. The number of halogens is 2. The standard InChI is InChI=1S/C20H22Cl2N2O2/c1-4-24(3)13-23-18-9-14(2)15(10-17(18)22)20(11-25-12-20)26-19-8-6-5-7-16(19)21/h5-10,13H,4,11-12H2,1-3H3. The van der Waals surface area contributed by atoms with Gasteiger partial charge in [0.1, 0.15) is 5.75 Å². The smallest absolute Gasteiger partial charge is 0.181 e. The summed E-state index contributed by atoms with van der Waals surface area (Å²) in [7, 11) is 1.97. The SMILES string of the molecule is CCN(C)C=Nc1cc(C)c(C2(Oc3ccccc3Cl)COC2)cc1Cl. The fourth-order valence-electron chi connectivity index (χ4n) is 2.79.